The second-order valence-electron chi connectivity index (χ2n) is 3.80. The van der Waals surface area contributed by atoms with Crippen LogP contribution in [-0.4, -0.2) is 33.3 Å². The number of carbonyl (C=O) groups excluding carboxylic acids is 1. The van der Waals surface area contributed by atoms with Gasteiger partial charge in [0.25, 0.3) is 5.91 Å². The Kier molecular flexibility index (Phi) is 16.4. The molecule has 1 amide bonds. The maximum Gasteiger partial charge on any atom is 0.255 e. The minimum atomic E-state index is -0.474. The van der Waals surface area contributed by atoms with Gasteiger partial charge >= 0.3 is 0 Å². The van der Waals surface area contributed by atoms with E-state index in [0.717, 1.165) is 6.42 Å². The van der Waals surface area contributed by atoms with E-state index in [1.807, 2.05) is 24.3 Å². The van der Waals surface area contributed by atoms with Gasteiger partial charge in [-0.05, 0) is 24.1 Å². The zero-order chi connectivity index (χ0) is 17.2. The van der Waals surface area contributed by atoms with Crippen LogP contribution in [0, 0.1) is 4.91 Å². The van der Waals surface area contributed by atoms with E-state index in [2.05, 4.69) is 18.3 Å². The molecule has 0 spiro atoms. The average Bonchev–Trinajstić information content (AvgIpc) is 2.53. The first-order valence-corrected chi connectivity index (χ1v) is 6.49. The molecule has 0 aliphatic carbocycles. The van der Waals surface area contributed by atoms with Crippen molar-refractivity contribution in [1.82, 2.24) is 0 Å². The van der Waals surface area contributed by atoms with Gasteiger partial charge in [0.1, 0.15) is 5.75 Å². The number of amides is 1. The number of hydrogen-bond acceptors (Lipinski definition) is 5. The first-order chi connectivity index (χ1) is 10.5. The minimum Gasteiger partial charge on any atom is -0.484 e. The zero-order valence-electron chi connectivity index (χ0n) is 13.2. The van der Waals surface area contributed by atoms with E-state index in [-0.39, 0.29) is 6.61 Å². The minimum absolute atomic E-state index is 0.0859. The molecule has 6 heteroatoms. The summed E-state index contributed by atoms with van der Waals surface area (Å²) in [4.78, 5) is 19.0. The third-order valence-corrected chi connectivity index (χ3v) is 2.07. The van der Waals surface area contributed by atoms with Crippen molar-refractivity contribution in [2.24, 2.45) is 10.9 Å². The van der Waals surface area contributed by atoms with Gasteiger partial charge in [-0.2, -0.15) is 4.91 Å². The number of allylic oxidation sites excluding steroid dienone is 2. The van der Waals surface area contributed by atoms with Crippen LogP contribution < -0.4 is 10.5 Å². The van der Waals surface area contributed by atoms with Crippen LogP contribution in [0.4, 0.5) is 0 Å². The first kappa shape index (κ1) is 21.8. The van der Waals surface area contributed by atoms with Crippen molar-refractivity contribution < 1.29 is 14.3 Å². The molecule has 1 aromatic rings. The molecule has 0 aliphatic rings. The summed E-state index contributed by atoms with van der Waals surface area (Å²) < 4.78 is 10.1. The predicted molar refractivity (Wildman–Crippen MR) is 88.8 cm³/mol. The lowest BCUT2D eigenvalue weighted by Gasteiger charge is -2.04. The summed E-state index contributed by atoms with van der Waals surface area (Å²) in [5.74, 6) is 0.174. The molecule has 0 heterocycles. The summed E-state index contributed by atoms with van der Waals surface area (Å²) in [6.45, 7) is 7.33. The summed E-state index contributed by atoms with van der Waals surface area (Å²) in [5.41, 5.74) is 6.13. The third kappa shape index (κ3) is 15.6. The van der Waals surface area contributed by atoms with Gasteiger partial charge in [-0.1, -0.05) is 42.6 Å². The summed E-state index contributed by atoms with van der Waals surface area (Å²) in [6, 6.07) is 7.51. The molecule has 0 bridgehead atoms. The van der Waals surface area contributed by atoms with Crippen molar-refractivity contribution in [2.75, 3.05) is 27.4 Å². The molecular weight excluding hydrogens is 284 g/mol. The van der Waals surface area contributed by atoms with E-state index in [0.29, 0.717) is 12.4 Å². The SMILES string of the molecule is C=CC=C.CN=O.COCCc1ccc(OCC(N)=O)cc1. The number of nitrogens with two attached hydrogens (primary N) is 1. The maximum absolute atomic E-state index is 10.5. The lowest BCUT2D eigenvalue weighted by Crippen LogP contribution is -2.19. The molecule has 2 N–H and O–H groups in total. The van der Waals surface area contributed by atoms with Gasteiger partial charge in [-0.15, -0.1) is 0 Å². The number of ether oxygens (including phenoxy) is 2. The average molecular weight is 308 g/mol. The fourth-order valence-corrected chi connectivity index (χ4v) is 1.13. The highest BCUT2D eigenvalue weighted by atomic mass is 16.5. The van der Waals surface area contributed by atoms with Gasteiger partial charge in [0.15, 0.2) is 6.61 Å². The van der Waals surface area contributed by atoms with Crippen LogP contribution in [0.15, 0.2) is 54.8 Å². The van der Waals surface area contributed by atoms with Gasteiger partial charge in [0, 0.05) is 7.11 Å². The third-order valence-electron chi connectivity index (χ3n) is 2.07. The monoisotopic (exact) mass is 308 g/mol. The molecule has 122 valence electrons. The zero-order valence-corrected chi connectivity index (χ0v) is 13.2. The molecule has 0 saturated carbocycles. The second kappa shape index (κ2) is 16.6. The summed E-state index contributed by atoms with van der Waals surface area (Å²) in [5, 5.41) is 2.25. The maximum atomic E-state index is 10.5. The van der Waals surface area contributed by atoms with Crippen molar-refractivity contribution in [3.63, 3.8) is 0 Å². The predicted octanol–water partition coefficient (Wildman–Crippen LogP) is 2.48. The van der Waals surface area contributed by atoms with Crippen LogP contribution in [0.3, 0.4) is 0 Å². The number of nitroso groups, excluding NO2 is 1. The molecule has 1 rings (SSSR count). The number of carbonyl (C=O) groups is 1. The Hall–Kier alpha value is -2.47. The van der Waals surface area contributed by atoms with Gasteiger partial charge < -0.3 is 15.2 Å². The summed E-state index contributed by atoms with van der Waals surface area (Å²) in [7, 11) is 2.87. The first-order valence-electron chi connectivity index (χ1n) is 6.49. The molecule has 22 heavy (non-hydrogen) atoms. The number of methoxy groups -OCH3 is 1. The van der Waals surface area contributed by atoms with Crippen LogP contribution in [0.25, 0.3) is 0 Å². The second-order valence-corrected chi connectivity index (χ2v) is 3.80. The molecule has 0 unspecified atom stereocenters. The fourth-order valence-electron chi connectivity index (χ4n) is 1.13. The van der Waals surface area contributed by atoms with E-state index in [1.165, 1.54) is 12.6 Å². The van der Waals surface area contributed by atoms with E-state index in [4.69, 9.17) is 20.1 Å². The Balaban J connectivity index is 0. The Morgan fingerprint density at radius 2 is 1.77 bits per heavy atom. The molecule has 0 aliphatic heterocycles. The van der Waals surface area contributed by atoms with Crippen LogP contribution >= 0.6 is 0 Å². The van der Waals surface area contributed by atoms with Crippen molar-refractivity contribution in [1.29, 1.82) is 0 Å². The molecule has 0 radical (unpaired) electrons. The Bertz CT molecular complexity index is 424. The number of primary amides is 1. The van der Waals surface area contributed by atoms with Gasteiger partial charge in [0.2, 0.25) is 0 Å². The summed E-state index contributed by atoms with van der Waals surface area (Å²) >= 11 is 0. The highest BCUT2D eigenvalue weighted by Crippen LogP contribution is 2.12. The van der Waals surface area contributed by atoms with Gasteiger partial charge in [-0.3, -0.25) is 4.79 Å². The fraction of sp³-hybridized carbons (Fsp3) is 0.312. The molecule has 6 nitrogen and oxygen atoms in total. The van der Waals surface area contributed by atoms with Gasteiger partial charge in [0.05, 0.1) is 13.7 Å². The molecular formula is C16H24N2O4. The normalized spacial score (nSPS) is 8.27. The van der Waals surface area contributed by atoms with Crippen LogP contribution in [0.1, 0.15) is 5.56 Å². The highest BCUT2D eigenvalue weighted by molar-refractivity contribution is 5.75. The summed E-state index contributed by atoms with van der Waals surface area (Å²) in [6.07, 6.45) is 4.15. The molecule has 0 saturated heterocycles. The quantitative estimate of drug-likeness (QED) is 0.619. The van der Waals surface area contributed by atoms with E-state index >= 15 is 0 Å². The van der Waals surface area contributed by atoms with E-state index in [9.17, 15) is 4.79 Å². The number of rotatable bonds is 7. The Morgan fingerprint density at radius 1 is 1.27 bits per heavy atom. The smallest absolute Gasteiger partial charge is 0.255 e. The highest BCUT2D eigenvalue weighted by Gasteiger charge is 1.97. The molecule has 0 atom stereocenters. The standard InChI is InChI=1S/C11H15NO3.C4H6.CH3NO/c1-14-7-6-9-2-4-10(5-3-9)15-8-11(12)13;1-3-4-2;1-2-3/h2-5H,6-8H2,1H3,(H2,12,13);3-4H,1-2H2;1H3. The molecule has 0 fully saturated rings. The number of nitrogens with zero attached hydrogens (tertiary/aromatic N) is 1. The number of hydrogen-bond donors (Lipinski definition) is 1. The van der Waals surface area contributed by atoms with Gasteiger partial charge in [-0.25, -0.2) is 0 Å². The lowest BCUT2D eigenvalue weighted by molar-refractivity contribution is -0.119. The molecule has 1 aromatic carbocycles. The van der Waals surface area contributed by atoms with E-state index < -0.39 is 5.91 Å². The van der Waals surface area contributed by atoms with Crippen molar-refractivity contribution >= 4 is 5.91 Å². The largest absolute Gasteiger partial charge is 0.484 e. The molecule has 0 aromatic heterocycles. The van der Waals surface area contributed by atoms with Crippen LogP contribution in [0.2, 0.25) is 0 Å². The van der Waals surface area contributed by atoms with Crippen molar-refractivity contribution in [3.8, 4) is 5.75 Å². The Labute approximate surface area is 131 Å². The van der Waals surface area contributed by atoms with Crippen LogP contribution in [-0.2, 0) is 16.0 Å². The van der Waals surface area contributed by atoms with Crippen molar-refractivity contribution in [2.45, 2.75) is 6.42 Å². The Morgan fingerprint density at radius 3 is 2.14 bits per heavy atom. The number of benzene rings is 1. The van der Waals surface area contributed by atoms with E-state index in [1.54, 1.807) is 19.3 Å². The van der Waals surface area contributed by atoms with Crippen LogP contribution in [0.5, 0.6) is 5.75 Å². The topological polar surface area (TPSA) is 91.0 Å². The van der Waals surface area contributed by atoms with Crippen molar-refractivity contribution in [3.05, 3.63) is 60.0 Å². The lowest BCUT2D eigenvalue weighted by atomic mass is 10.1.